The van der Waals surface area contributed by atoms with Gasteiger partial charge in [-0.15, -0.1) is 0 Å². The Kier molecular flexibility index (Phi) is 7.25. The highest BCUT2D eigenvalue weighted by atomic mass is 16.7. The van der Waals surface area contributed by atoms with Crippen LogP contribution in [0.5, 0.6) is 0 Å². The van der Waals surface area contributed by atoms with Gasteiger partial charge >= 0.3 is 6.16 Å². The van der Waals surface area contributed by atoms with Crippen molar-refractivity contribution in [3.05, 3.63) is 0 Å². The van der Waals surface area contributed by atoms with Gasteiger partial charge in [0.1, 0.15) is 11.2 Å². The summed E-state index contributed by atoms with van der Waals surface area (Å²) in [6, 6.07) is 0. The van der Waals surface area contributed by atoms with E-state index in [9.17, 15) is 4.79 Å². The Bertz CT molecular complexity index is 203. The zero-order valence-electron chi connectivity index (χ0n) is 12.4. The summed E-state index contributed by atoms with van der Waals surface area (Å²) < 4.78 is 19.8. The van der Waals surface area contributed by atoms with Crippen molar-refractivity contribution < 1.29 is 23.7 Å². The Morgan fingerprint density at radius 2 is 1.06 bits per heavy atom. The van der Waals surface area contributed by atoms with E-state index in [1.807, 2.05) is 0 Å². The molecule has 0 aliphatic carbocycles. The van der Waals surface area contributed by atoms with Crippen LogP contribution in [0.2, 0.25) is 0 Å². The summed E-state index contributed by atoms with van der Waals surface area (Å²) in [6.07, 6.45) is -0.616. The molecule has 1 fully saturated rings. The Morgan fingerprint density at radius 1 is 0.778 bits per heavy atom. The van der Waals surface area contributed by atoms with Gasteiger partial charge in [-0.3, -0.25) is 0 Å². The predicted molar refractivity (Wildman–Crippen MR) is 68.7 cm³/mol. The van der Waals surface area contributed by atoms with Gasteiger partial charge in [-0.25, -0.2) is 4.79 Å². The molecule has 0 spiro atoms. The van der Waals surface area contributed by atoms with E-state index in [1.165, 1.54) is 0 Å². The standard InChI is InChI=1S/C9H18O3.C4H8O2/c1-8(2,3)11-7(10)12-9(4,5)6;1-2-6-4-3-5-1/h1-6H3;1-4H2. The predicted octanol–water partition coefficient (Wildman–Crippen LogP) is 2.77. The number of carbonyl (C=O) groups is 1. The Labute approximate surface area is 110 Å². The molecule has 0 bridgehead atoms. The maximum absolute atomic E-state index is 11.0. The topological polar surface area (TPSA) is 54.0 Å². The van der Waals surface area contributed by atoms with E-state index in [1.54, 1.807) is 41.5 Å². The van der Waals surface area contributed by atoms with Gasteiger partial charge in [0.15, 0.2) is 0 Å². The molecule has 1 rings (SSSR count). The minimum Gasteiger partial charge on any atom is -0.429 e. The summed E-state index contributed by atoms with van der Waals surface area (Å²) >= 11 is 0. The molecule has 1 aliphatic heterocycles. The van der Waals surface area contributed by atoms with Crippen LogP contribution < -0.4 is 0 Å². The van der Waals surface area contributed by atoms with Gasteiger partial charge in [0.05, 0.1) is 26.4 Å². The molecule has 0 aromatic rings. The van der Waals surface area contributed by atoms with Crippen LogP contribution in [0.4, 0.5) is 4.79 Å². The van der Waals surface area contributed by atoms with Gasteiger partial charge in [0.25, 0.3) is 0 Å². The van der Waals surface area contributed by atoms with Crippen LogP contribution >= 0.6 is 0 Å². The summed E-state index contributed by atoms with van der Waals surface area (Å²) in [5.41, 5.74) is -0.968. The molecule has 0 atom stereocenters. The third-order valence-electron chi connectivity index (χ3n) is 1.52. The van der Waals surface area contributed by atoms with Crippen LogP contribution in [-0.4, -0.2) is 43.8 Å². The third kappa shape index (κ3) is 13.3. The first-order valence-electron chi connectivity index (χ1n) is 6.18. The fraction of sp³-hybridized carbons (Fsp3) is 0.923. The molecule has 1 heterocycles. The number of hydrogen-bond acceptors (Lipinski definition) is 5. The van der Waals surface area contributed by atoms with Gasteiger partial charge in [-0.2, -0.15) is 0 Å². The van der Waals surface area contributed by atoms with Crippen molar-refractivity contribution in [1.82, 2.24) is 0 Å². The van der Waals surface area contributed by atoms with E-state index in [4.69, 9.17) is 18.9 Å². The second-order valence-electron chi connectivity index (χ2n) is 5.90. The molecular weight excluding hydrogens is 236 g/mol. The summed E-state index contributed by atoms with van der Waals surface area (Å²) in [4.78, 5) is 11.0. The minimum absolute atomic E-state index is 0.484. The van der Waals surface area contributed by atoms with Crippen LogP contribution in [0.3, 0.4) is 0 Å². The molecule has 1 aliphatic rings. The van der Waals surface area contributed by atoms with Crippen molar-refractivity contribution in [3.63, 3.8) is 0 Å². The molecule has 0 aromatic heterocycles. The SMILES string of the molecule is C1COCCO1.CC(C)(C)OC(=O)OC(C)(C)C. The van der Waals surface area contributed by atoms with Gasteiger partial charge in [0.2, 0.25) is 0 Å². The van der Waals surface area contributed by atoms with E-state index in [0.717, 1.165) is 26.4 Å². The first-order valence-corrected chi connectivity index (χ1v) is 6.18. The quantitative estimate of drug-likeness (QED) is 0.628. The van der Waals surface area contributed by atoms with E-state index in [0.29, 0.717) is 0 Å². The fourth-order valence-corrected chi connectivity index (χ4v) is 0.961. The summed E-state index contributed by atoms with van der Waals surface area (Å²) in [5.74, 6) is 0. The molecule has 108 valence electrons. The monoisotopic (exact) mass is 262 g/mol. The summed E-state index contributed by atoms with van der Waals surface area (Å²) in [7, 11) is 0. The first-order chi connectivity index (χ1) is 8.10. The number of ether oxygens (including phenoxy) is 4. The van der Waals surface area contributed by atoms with Gasteiger partial charge < -0.3 is 18.9 Å². The maximum Gasteiger partial charge on any atom is 0.509 e. The van der Waals surface area contributed by atoms with Crippen LogP contribution in [0, 0.1) is 0 Å². The number of hydrogen-bond donors (Lipinski definition) is 0. The van der Waals surface area contributed by atoms with E-state index >= 15 is 0 Å². The number of rotatable bonds is 0. The Balaban J connectivity index is 0.000000397. The average molecular weight is 262 g/mol. The molecular formula is C13H26O5. The van der Waals surface area contributed by atoms with Crippen molar-refractivity contribution in [2.24, 2.45) is 0 Å². The third-order valence-corrected chi connectivity index (χ3v) is 1.52. The second kappa shape index (κ2) is 7.59. The fourth-order valence-electron chi connectivity index (χ4n) is 0.961. The molecule has 18 heavy (non-hydrogen) atoms. The highest BCUT2D eigenvalue weighted by molar-refractivity contribution is 5.61. The van der Waals surface area contributed by atoms with Crippen molar-refractivity contribution in [3.8, 4) is 0 Å². The average Bonchev–Trinajstić information content (AvgIpc) is 2.15. The van der Waals surface area contributed by atoms with E-state index < -0.39 is 17.4 Å². The van der Waals surface area contributed by atoms with Crippen molar-refractivity contribution in [2.45, 2.75) is 52.7 Å². The molecule has 0 radical (unpaired) electrons. The largest absolute Gasteiger partial charge is 0.509 e. The zero-order chi connectivity index (χ0) is 14.2. The van der Waals surface area contributed by atoms with Crippen LogP contribution in [0.1, 0.15) is 41.5 Å². The summed E-state index contributed by atoms with van der Waals surface area (Å²) in [5, 5.41) is 0. The second-order valence-corrected chi connectivity index (χ2v) is 5.90. The van der Waals surface area contributed by atoms with Gasteiger partial charge in [0, 0.05) is 0 Å². The highest BCUT2D eigenvalue weighted by Gasteiger charge is 2.22. The molecule has 0 aromatic carbocycles. The Hall–Kier alpha value is -0.810. The summed E-state index contributed by atoms with van der Waals surface area (Å²) in [6.45, 7) is 13.9. The molecule has 1 saturated heterocycles. The van der Waals surface area contributed by atoms with Gasteiger partial charge in [-0.05, 0) is 41.5 Å². The normalized spacial score (nSPS) is 16.3. The molecule has 0 amide bonds. The number of carbonyl (C=O) groups excluding carboxylic acids is 1. The minimum atomic E-state index is -0.616. The zero-order valence-corrected chi connectivity index (χ0v) is 12.4. The smallest absolute Gasteiger partial charge is 0.429 e. The molecule has 0 N–H and O–H groups in total. The van der Waals surface area contributed by atoms with Crippen molar-refractivity contribution in [1.29, 1.82) is 0 Å². The lowest BCUT2D eigenvalue weighted by atomic mass is 10.2. The molecule has 0 unspecified atom stereocenters. The van der Waals surface area contributed by atoms with Crippen molar-refractivity contribution >= 4 is 6.16 Å². The molecule has 5 heteroatoms. The van der Waals surface area contributed by atoms with E-state index in [2.05, 4.69) is 0 Å². The molecule has 5 nitrogen and oxygen atoms in total. The highest BCUT2D eigenvalue weighted by Crippen LogP contribution is 2.13. The lowest BCUT2D eigenvalue weighted by molar-refractivity contribution is -0.0468. The van der Waals surface area contributed by atoms with Crippen LogP contribution in [0.25, 0.3) is 0 Å². The first kappa shape index (κ1) is 17.2. The van der Waals surface area contributed by atoms with Crippen molar-refractivity contribution in [2.75, 3.05) is 26.4 Å². The maximum atomic E-state index is 11.0. The van der Waals surface area contributed by atoms with Crippen LogP contribution in [0.15, 0.2) is 0 Å². The lowest BCUT2D eigenvalue weighted by Crippen LogP contribution is -2.30. The lowest BCUT2D eigenvalue weighted by Gasteiger charge is -2.24. The van der Waals surface area contributed by atoms with E-state index in [-0.39, 0.29) is 0 Å². The van der Waals surface area contributed by atoms with Crippen LogP contribution in [-0.2, 0) is 18.9 Å². The van der Waals surface area contributed by atoms with Gasteiger partial charge in [-0.1, -0.05) is 0 Å². The Morgan fingerprint density at radius 3 is 1.22 bits per heavy atom. The molecule has 0 saturated carbocycles.